The number of hydrogen-bond donors (Lipinski definition) is 1. The summed E-state index contributed by atoms with van der Waals surface area (Å²) in [5.41, 5.74) is 1.31. The number of thiophene rings is 1. The minimum atomic E-state index is -0.872. The predicted octanol–water partition coefficient (Wildman–Crippen LogP) is 4.94. The summed E-state index contributed by atoms with van der Waals surface area (Å²) in [6.07, 6.45) is 4.19. The third-order valence-corrected chi connectivity index (χ3v) is 5.16. The Kier molecular flexibility index (Phi) is 5.46. The Labute approximate surface area is 134 Å². The summed E-state index contributed by atoms with van der Waals surface area (Å²) in [5, 5.41) is 11.3. The predicted molar refractivity (Wildman–Crippen MR) is 89.6 cm³/mol. The first-order chi connectivity index (χ1) is 9.58. The molecule has 1 aromatic carbocycles. The summed E-state index contributed by atoms with van der Waals surface area (Å²) in [6.45, 7) is 0. The molecule has 0 aliphatic rings. The van der Waals surface area contributed by atoms with Crippen molar-refractivity contribution in [3.8, 4) is 0 Å². The first-order valence-electron chi connectivity index (χ1n) is 5.89. The van der Waals surface area contributed by atoms with Gasteiger partial charge >= 0.3 is 5.97 Å². The number of halogens is 1. The van der Waals surface area contributed by atoms with Crippen molar-refractivity contribution >= 4 is 51.1 Å². The lowest BCUT2D eigenvalue weighted by atomic mass is 10.1. The second-order valence-corrected chi connectivity index (χ2v) is 6.95. The number of carboxylic acids is 1. The van der Waals surface area contributed by atoms with E-state index in [1.807, 2.05) is 42.0 Å². The van der Waals surface area contributed by atoms with Crippen LogP contribution in [-0.4, -0.2) is 17.3 Å². The van der Waals surface area contributed by atoms with Crippen molar-refractivity contribution in [3.05, 3.63) is 56.2 Å². The summed E-state index contributed by atoms with van der Waals surface area (Å²) in [6, 6.07) is 9.84. The van der Waals surface area contributed by atoms with Gasteiger partial charge in [-0.2, -0.15) is 0 Å². The number of benzene rings is 1. The largest absolute Gasteiger partial charge is 0.478 e. The van der Waals surface area contributed by atoms with Gasteiger partial charge in [-0.3, -0.25) is 0 Å². The van der Waals surface area contributed by atoms with Crippen LogP contribution in [0.4, 0.5) is 0 Å². The summed E-state index contributed by atoms with van der Waals surface area (Å²) in [4.78, 5) is 13.6. The van der Waals surface area contributed by atoms with Crippen LogP contribution in [0.1, 0.15) is 10.4 Å². The Hall–Kier alpha value is -1.04. The van der Waals surface area contributed by atoms with Gasteiger partial charge in [-0.15, -0.1) is 23.1 Å². The summed E-state index contributed by atoms with van der Waals surface area (Å²) in [5.74, 6) is -0.872. The zero-order valence-electron chi connectivity index (χ0n) is 10.8. The Morgan fingerprint density at radius 2 is 2.10 bits per heavy atom. The quantitative estimate of drug-likeness (QED) is 0.599. The van der Waals surface area contributed by atoms with Gasteiger partial charge in [0.15, 0.2) is 0 Å². The number of carbonyl (C=O) groups is 1. The molecule has 0 bridgehead atoms. The monoisotopic (exact) mass is 368 g/mol. The molecule has 2 aromatic rings. The summed E-state index contributed by atoms with van der Waals surface area (Å²) in [7, 11) is 0. The minimum absolute atomic E-state index is 0.399. The summed E-state index contributed by atoms with van der Waals surface area (Å²) >= 11 is 6.61. The van der Waals surface area contributed by atoms with Crippen molar-refractivity contribution in [2.45, 2.75) is 11.3 Å². The fourth-order valence-electron chi connectivity index (χ4n) is 1.72. The smallest absolute Gasteiger partial charge is 0.331 e. The number of hydrogen-bond acceptors (Lipinski definition) is 3. The molecule has 2 rings (SSSR count). The van der Waals surface area contributed by atoms with Gasteiger partial charge in [-0.1, -0.05) is 12.1 Å². The van der Waals surface area contributed by atoms with E-state index in [0.29, 0.717) is 12.0 Å². The van der Waals surface area contributed by atoms with Gasteiger partial charge in [0.2, 0.25) is 0 Å². The molecule has 0 aliphatic heterocycles. The van der Waals surface area contributed by atoms with Crippen LogP contribution in [0, 0.1) is 0 Å². The maximum Gasteiger partial charge on any atom is 0.331 e. The van der Waals surface area contributed by atoms with Crippen LogP contribution in [0.3, 0.4) is 0 Å². The zero-order valence-corrected chi connectivity index (χ0v) is 14.0. The highest BCUT2D eigenvalue weighted by Crippen LogP contribution is 2.23. The van der Waals surface area contributed by atoms with Gasteiger partial charge in [0.05, 0.1) is 0 Å². The number of carboxylic acid groups (broad SMARTS) is 1. The molecule has 20 heavy (non-hydrogen) atoms. The first-order valence-corrected chi connectivity index (χ1v) is 8.79. The highest BCUT2D eigenvalue weighted by molar-refractivity contribution is 9.10. The first kappa shape index (κ1) is 15.4. The SMILES string of the molecule is CSc1ccc(C=C(Cc2cc(Br)cs2)C(=O)O)cc1. The van der Waals surface area contributed by atoms with Crippen LogP contribution in [0.5, 0.6) is 0 Å². The number of aliphatic carboxylic acids is 1. The fraction of sp³-hybridized carbons (Fsp3) is 0.133. The van der Waals surface area contributed by atoms with Crippen molar-refractivity contribution in [2.75, 3.05) is 6.26 Å². The van der Waals surface area contributed by atoms with E-state index in [9.17, 15) is 9.90 Å². The van der Waals surface area contributed by atoms with Crippen molar-refractivity contribution in [1.29, 1.82) is 0 Å². The van der Waals surface area contributed by atoms with E-state index < -0.39 is 5.97 Å². The van der Waals surface area contributed by atoms with E-state index in [0.717, 1.165) is 14.9 Å². The maximum atomic E-state index is 11.4. The number of rotatable bonds is 5. The van der Waals surface area contributed by atoms with Gasteiger partial charge in [-0.05, 0) is 52.0 Å². The average Bonchev–Trinajstić information content (AvgIpc) is 2.84. The molecule has 1 heterocycles. The van der Waals surface area contributed by atoms with Crippen molar-refractivity contribution in [3.63, 3.8) is 0 Å². The standard InChI is InChI=1S/C15H13BrO2S2/c1-19-13-4-2-10(3-5-13)6-11(15(17)18)7-14-8-12(16)9-20-14/h2-6,8-9H,7H2,1H3,(H,17,18). The van der Waals surface area contributed by atoms with Crippen LogP contribution in [0.15, 0.2) is 50.7 Å². The molecule has 0 amide bonds. The maximum absolute atomic E-state index is 11.4. The second-order valence-electron chi connectivity index (χ2n) is 4.16. The van der Waals surface area contributed by atoms with E-state index in [2.05, 4.69) is 15.9 Å². The molecule has 0 spiro atoms. The molecule has 0 aliphatic carbocycles. The van der Waals surface area contributed by atoms with Gasteiger partial charge in [0.25, 0.3) is 0 Å². The minimum Gasteiger partial charge on any atom is -0.478 e. The molecule has 104 valence electrons. The highest BCUT2D eigenvalue weighted by Gasteiger charge is 2.10. The van der Waals surface area contributed by atoms with Crippen LogP contribution < -0.4 is 0 Å². The van der Waals surface area contributed by atoms with Crippen LogP contribution in [-0.2, 0) is 11.2 Å². The van der Waals surface area contributed by atoms with E-state index in [4.69, 9.17) is 0 Å². The van der Waals surface area contributed by atoms with E-state index in [-0.39, 0.29) is 0 Å². The molecule has 1 aromatic heterocycles. The molecule has 0 saturated heterocycles. The lowest BCUT2D eigenvalue weighted by molar-refractivity contribution is -0.132. The zero-order chi connectivity index (χ0) is 14.5. The fourth-order valence-corrected chi connectivity index (χ4v) is 3.61. The Morgan fingerprint density at radius 1 is 1.40 bits per heavy atom. The van der Waals surface area contributed by atoms with E-state index in [1.165, 1.54) is 4.90 Å². The third kappa shape index (κ3) is 4.23. The lowest BCUT2D eigenvalue weighted by Gasteiger charge is -2.02. The highest BCUT2D eigenvalue weighted by atomic mass is 79.9. The van der Waals surface area contributed by atoms with Crippen molar-refractivity contribution < 1.29 is 9.90 Å². The van der Waals surface area contributed by atoms with Crippen LogP contribution >= 0.6 is 39.0 Å². The molecule has 0 atom stereocenters. The Morgan fingerprint density at radius 3 is 2.60 bits per heavy atom. The van der Waals surface area contributed by atoms with Crippen molar-refractivity contribution in [1.82, 2.24) is 0 Å². The van der Waals surface area contributed by atoms with Gasteiger partial charge in [0, 0.05) is 31.6 Å². The van der Waals surface area contributed by atoms with E-state index >= 15 is 0 Å². The van der Waals surface area contributed by atoms with Gasteiger partial charge in [0.1, 0.15) is 0 Å². The third-order valence-electron chi connectivity index (χ3n) is 2.72. The molecular formula is C15H13BrO2S2. The Balaban J connectivity index is 2.22. The topological polar surface area (TPSA) is 37.3 Å². The van der Waals surface area contributed by atoms with Gasteiger partial charge in [-0.25, -0.2) is 4.79 Å². The molecule has 5 heteroatoms. The van der Waals surface area contributed by atoms with Crippen LogP contribution in [0.2, 0.25) is 0 Å². The Bertz CT molecular complexity index is 630. The van der Waals surface area contributed by atoms with E-state index in [1.54, 1.807) is 29.2 Å². The molecule has 0 radical (unpaired) electrons. The second kappa shape index (κ2) is 7.11. The van der Waals surface area contributed by atoms with Crippen molar-refractivity contribution in [2.24, 2.45) is 0 Å². The molecule has 1 N–H and O–H groups in total. The number of thioether (sulfide) groups is 1. The molecule has 0 saturated carbocycles. The lowest BCUT2D eigenvalue weighted by Crippen LogP contribution is -2.02. The molecule has 0 unspecified atom stereocenters. The summed E-state index contributed by atoms with van der Waals surface area (Å²) < 4.78 is 0.992. The molecule has 0 fully saturated rings. The average molecular weight is 369 g/mol. The molecular weight excluding hydrogens is 356 g/mol. The normalized spacial score (nSPS) is 11.6. The van der Waals surface area contributed by atoms with Crippen LogP contribution in [0.25, 0.3) is 6.08 Å². The molecule has 2 nitrogen and oxygen atoms in total. The van der Waals surface area contributed by atoms with Gasteiger partial charge < -0.3 is 5.11 Å².